The molecule has 5 nitrogen and oxygen atoms in total. The number of hydrogen-bond donors (Lipinski definition) is 2. The van der Waals surface area contributed by atoms with E-state index in [0.717, 1.165) is 29.3 Å². The van der Waals surface area contributed by atoms with Gasteiger partial charge in [-0.2, -0.15) is 0 Å². The van der Waals surface area contributed by atoms with E-state index in [4.69, 9.17) is 4.98 Å². The van der Waals surface area contributed by atoms with Crippen LogP contribution in [-0.2, 0) is 11.2 Å². The summed E-state index contributed by atoms with van der Waals surface area (Å²) in [6, 6.07) is 10.2. The Kier molecular flexibility index (Phi) is 5.86. The number of amides is 1. The Hall–Kier alpha value is -2.43. The molecule has 0 unspecified atom stereocenters. The summed E-state index contributed by atoms with van der Waals surface area (Å²) >= 11 is 0. The summed E-state index contributed by atoms with van der Waals surface area (Å²) < 4.78 is 0. The number of aromatic nitrogens is 2. The molecule has 1 heterocycles. The minimum atomic E-state index is -0.0828. The number of carbonyl (C=O) groups is 1. The first-order valence-electron chi connectivity index (χ1n) is 9.50. The Morgan fingerprint density at radius 3 is 2.73 bits per heavy atom. The second-order valence-electron chi connectivity index (χ2n) is 7.12. The fraction of sp³-hybridized carbons (Fsp3) is 0.476. The van der Waals surface area contributed by atoms with Crippen molar-refractivity contribution in [3.05, 3.63) is 53.0 Å². The van der Waals surface area contributed by atoms with Gasteiger partial charge in [0, 0.05) is 37.6 Å². The average molecular weight is 352 g/mol. The number of aryl methyl sites for hydroxylation is 1. The molecule has 0 saturated heterocycles. The lowest BCUT2D eigenvalue weighted by Gasteiger charge is -2.20. The minimum Gasteiger partial charge on any atom is -0.373 e. The van der Waals surface area contributed by atoms with E-state index in [2.05, 4.69) is 40.7 Å². The largest absolute Gasteiger partial charge is 0.373 e. The fourth-order valence-electron chi connectivity index (χ4n) is 3.12. The first-order valence-corrected chi connectivity index (χ1v) is 9.50. The zero-order valence-electron chi connectivity index (χ0n) is 15.9. The number of carbonyl (C=O) groups excluding carboxylic acids is 1. The third-order valence-corrected chi connectivity index (χ3v) is 4.67. The van der Waals surface area contributed by atoms with Crippen LogP contribution in [0.1, 0.15) is 67.2 Å². The van der Waals surface area contributed by atoms with E-state index in [1.54, 1.807) is 0 Å². The van der Waals surface area contributed by atoms with Crippen molar-refractivity contribution in [1.82, 2.24) is 15.3 Å². The second kappa shape index (κ2) is 8.30. The van der Waals surface area contributed by atoms with Crippen molar-refractivity contribution in [2.75, 3.05) is 12.4 Å². The van der Waals surface area contributed by atoms with Gasteiger partial charge in [-0.25, -0.2) is 9.97 Å². The van der Waals surface area contributed by atoms with Gasteiger partial charge in [-0.1, -0.05) is 36.8 Å². The van der Waals surface area contributed by atoms with Gasteiger partial charge in [-0.15, -0.1) is 0 Å². The maximum Gasteiger partial charge on any atom is 0.220 e. The molecule has 138 valence electrons. The maximum absolute atomic E-state index is 12.3. The molecule has 2 N–H and O–H groups in total. The Morgan fingerprint density at radius 2 is 2.08 bits per heavy atom. The molecular weight excluding hydrogens is 324 g/mol. The molecule has 5 heteroatoms. The quantitative estimate of drug-likeness (QED) is 0.756. The summed E-state index contributed by atoms with van der Waals surface area (Å²) in [4.78, 5) is 21.6. The monoisotopic (exact) mass is 352 g/mol. The minimum absolute atomic E-state index is 0.0828. The molecular formula is C21H28N4O. The SMILES string of the molecule is CCCC(=O)N[C@H](Cc1cc(NC)nc(C2CC2)n1)c1cccc(C)c1. The van der Waals surface area contributed by atoms with Crippen molar-refractivity contribution in [3.63, 3.8) is 0 Å². The molecule has 3 rings (SSSR count). The van der Waals surface area contributed by atoms with Gasteiger partial charge in [0.1, 0.15) is 11.6 Å². The van der Waals surface area contributed by atoms with Crippen molar-refractivity contribution in [2.45, 2.75) is 57.9 Å². The van der Waals surface area contributed by atoms with Crippen LogP contribution in [-0.4, -0.2) is 22.9 Å². The molecule has 2 aromatic rings. The van der Waals surface area contributed by atoms with Crippen molar-refractivity contribution in [3.8, 4) is 0 Å². The molecule has 0 radical (unpaired) electrons. The highest BCUT2D eigenvalue weighted by Gasteiger charge is 2.27. The van der Waals surface area contributed by atoms with Crippen LogP contribution in [0.3, 0.4) is 0 Å². The highest BCUT2D eigenvalue weighted by molar-refractivity contribution is 5.76. The molecule has 1 aromatic carbocycles. The van der Waals surface area contributed by atoms with Crippen LogP contribution in [0.4, 0.5) is 5.82 Å². The Morgan fingerprint density at radius 1 is 1.27 bits per heavy atom. The molecule has 0 spiro atoms. The summed E-state index contributed by atoms with van der Waals surface area (Å²) in [6.45, 7) is 4.09. The number of hydrogen-bond acceptors (Lipinski definition) is 4. The van der Waals surface area contributed by atoms with E-state index in [1.165, 1.54) is 18.4 Å². The summed E-state index contributed by atoms with van der Waals surface area (Å²) in [7, 11) is 1.88. The average Bonchev–Trinajstić information content (AvgIpc) is 3.46. The van der Waals surface area contributed by atoms with Crippen LogP contribution in [0.25, 0.3) is 0 Å². The first-order chi connectivity index (χ1) is 12.6. The summed E-state index contributed by atoms with van der Waals surface area (Å²) in [5.41, 5.74) is 3.27. The second-order valence-corrected chi connectivity index (χ2v) is 7.12. The van der Waals surface area contributed by atoms with Crippen molar-refractivity contribution in [1.29, 1.82) is 0 Å². The highest BCUT2D eigenvalue weighted by Crippen LogP contribution is 2.38. The molecule has 1 fully saturated rings. The first kappa shape index (κ1) is 18.4. The van der Waals surface area contributed by atoms with E-state index in [0.29, 0.717) is 18.8 Å². The Balaban J connectivity index is 1.87. The molecule has 1 aromatic heterocycles. The number of nitrogens with one attached hydrogen (secondary N) is 2. The van der Waals surface area contributed by atoms with Crippen LogP contribution in [0.15, 0.2) is 30.3 Å². The Bertz CT molecular complexity index is 770. The molecule has 1 atom stereocenters. The molecule has 1 aliphatic rings. The number of benzene rings is 1. The molecule has 26 heavy (non-hydrogen) atoms. The van der Waals surface area contributed by atoms with Crippen LogP contribution >= 0.6 is 0 Å². The third kappa shape index (κ3) is 4.81. The topological polar surface area (TPSA) is 66.9 Å². The van der Waals surface area contributed by atoms with Gasteiger partial charge in [-0.3, -0.25) is 4.79 Å². The van der Waals surface area contributed by atoms with Crippen molar-refractivity contribution >= 4 is 11.7 Å². The molecule has 0 aliphatic heterocycles. The smallest absolute Gasteiger partial charge is 0.220 e. The molecule has 1 aliphatic carbocycles. The highest BCUT2D eigenvalue weighted by atomic mass is 16.1. The van der Waals surface area contributed by atoms with Crippen molar-refractivity contribution < 1.29 is 4.79 Å². The zero-order chi connectivity index (χ0) is 18.5. The normalized spacial score (nSPS) is 14.7. The summed E-state index contributed by atoms with van der Waals surface area (Å²) in [5, 5.41) is 6.33. The molecule has 1 saturated carbocycles. The number of rotatable bonds is 8. The standard InChI is InChI=1S/C21H28N4O/c1-4-6-20(26)24-18(16-8-5-7-14(2)11-16)12-17-13-19(22-3)25-21(23-17)15-9-10-15/h5,7-8,11,13,15,18H,4,6,9-10,12H2,1-3H3,(H,24,26)(H,22,23,25)/t18-/m1/s1. The lowest BCUT2D eigenvalue weighted by molar-refractivity contribution is -0.121. The van der Waals surface area contributed by atoms with Crippen LogP contribution in [0, 0.1) is 6.92 Å². The van der Waals surface area contributed by atoms with Gasteiger partial charge in [0.25, 0.3) is 0 Å². The van der Waals surface area contributed by atoms with Gasteiger partial charge < -0.3 is 10.6 Å². The Labute approximate surface area is 155 Å². The fourth-order valence-corrected chi connectivity index (χ4v) is 3.12. The van der Waals surface area contributed by atoms with Gasteiger partial charge in [-0.05, 0) is 31.7 Å². The van der Waals surface area contributed by atoms with Gasteiger partial charge in [0.05, 0.1) is 6.04 Å². The van der Waals surface area contributed by atoms with Gasteiger partial charge in [0.15, 0.2) is 0 Å². The van der Waals surface area contributed by atoms with E-state index in [-0.39, 0.29) is 11.9 Å². The van der Waals surface area contributed by atoms with Crippen LogP contribution in [0.2, 0.25) is 0 Å². The van der Waals surface area contributed by atoms with Crippen LogP contribution in [0.5, 0.6) is 0 Å². The molecule has 0 bridgehead atoms. The van der Waals surface area contributed by atoms with Gasteiger partial charge >= 0.3 is 0 Å². The van der Waals surface area contributed by atoms with Crippen LogP contribution < -0.4 is 10.6 Å². The predicted octanol–water partition coefficient (Wildman–Crippen LogP) is 3.90. The predicted molar refractivity (Wildman–Crippen MR) is 104 cm³/mol. The molecule has 1 amide bonds. The van der Waals surface area contributed by atoms with Crippen molar-refractivity contribution in [2.24, 2.45) is 0 Å². The van der Waals surface area contributed by atoms with E-state index in [1.807, 2.05) is 26.1 Å². The van der Waals surface area contributed by atoms with Gasteiger partial charge in [0.2, 0.25) is 5.91 Å². The van der Waals surface area contributed by atoms with E-state index in [9.17, 15) is 4.79 Å². The van der Waals surface area contributed by atoms with E-state index >= 15 is 0 Å². The summed E-state index contributed by atoms with van der Waals surface area (Å²) in [6.07, 6.45) is 4.38. The van der Waals surface area contributed by atoms with E-state index < -0.39 is 0 Å². The maximum atomic E-state index is 12.3. The lowest BCUT2D eigenvalue weighted by Crippen LogP contribution is -2.30. The lowest BCUT2D eigenvalue weighted by atomic mass is 9.99. The summed E-state index contributed by atoms with van der Waals surface area (Å²) in [5.74, 6) is 2.35. The number of anilines is 1. The zero-order valence-corrected chi connectivity index (χ0v) is 15.9. The number of nitrogens with zero attached hydrogens (tertiary/aromatic N) is 2. The third-order valence-electron chi connectivity index (χ3n) is 4.67.